The van der Waals surface area contributed by atoms with E-state index in [9.17, 15) is 13.2 Å². The van der Waals surface area contributed by atoms with Crippen molar-refractivity contribution in [2.75, 3.05) is 6.54 Å². The van der Waals surface area contributed by atoms with Crippen LogP contribution in [-0.4, -0.2) is 36.4 Å². The Morgan fingerprint density at radius 3 is 2.75 bits per heavy atom. The summed E-state index contributed by atoms with van der Waals surface area (Å²) in [5.74, 6) is -1.13. The number of hydrogen-bond acceptors (Lipinski definition) is 4. The van der Waals surface area contributed by atoms with Crippen LogP contribution in [0.3, 0.4) is 0 Å². The smallest absolute Gasteiger partial charge is 0.322 e. The molecule has 1 aromatic carbocycles. The number of rotatable bonds is 3. The van der Waals surface area contributed by atoms with Crippen molar-refractivity contribution in [1.29, 1.82) is 5.26 Å². The summed E-state index contributed by atoms with van der Waals surface area (Å²) >= 11 is 0. The minimum atomic E-state index is -3.84. The lowest BCUT2D eigenvalue weighted by molar-refractivity contribution is -0.140. The summed E-state index contributed by atoms with van der Waals surface area (Å²) in [6, 6.07) is 5.16. The number of carboxylic acids is 1. The Bertz CT molecular complexity index is 691. The molecule has 1 atom stereocenters. The number of carboxylic acid groups (broad SMARTS) is 1. The second-order valence-corrected chi connectivity index (χ2v) is 6.59. The molecule has 106 valence electrons. The van der Waals surface area contributed by atoms with Crippen molar-refractivity contribution in [3.8, 4) is 6.07 Å². The molecule has 1 fully saturated rings. The maximum atomic E-state index is 12.5. The zero-order valence-corrected chi connectivity index (χ0v) is 11.7. The normalized spacial score (nSPS) is 19.7. The Kier molecular flexibility index (Phi) is 3.79. The Hall–Kier alpha value is -1.91. The molecule has 1 saturated heterocycles. The molecule has 7 heteroatoms. The fraction of sp³-hybridized carbons (Fsp3) is 0.385. The van der Waals surface area contributed by atoms with E-state index in [1.807, 2.05) is 6.07 Å². The van der Waals surface area contributed by atoms with Crippen LogP contribution in [0.25, 0.3) is 0 Å². The molecule has 0 radical (unpaired) electrons. The average molecular weight is 294 g/mol. The van der Waals surface area contributed by atoms with E-state index in [1.165, 1.54) is 18.2 Å². The van der Waals surface area contributed by atoms with Crippen molar-refractivity contribution >= 4 is 16.0 Å². The number of nitriles is 1. The van der Waals surface area contributed by atoms with Crippen molar-refractivity contribution < 1.29 is 18.3 Å². The number of hydrogen-bond donors (Lipinski definition) is 1. The van der Waals surface area contributed by atoms with Crippen LogP contribution in [-0.2, 0) is 14.8 Å². The van der Waals surface area contributed by atoms with E-state index in [0.29, 0.717) is 24.0 Å². The number of benzene rings is 1. The predicted molar refractivity (Wildman–Crippen MR) is 70.4 cm³/mol. The third kappa shape index (κ3) is 2.40. The Morgan fingerprint density at radius 2 is 2.20 bits per heavy atom. The lowest BCUT2D eigenvalue weighted by Gasteiger charge is -2.21. The van der Waals surface area contributed by atoms with Gasteiger partial charge >= 0.3 is 5.97 Å². The third-order valence-electron chi connectivity index (χ3n) is 3.41. The zero-order chi connectivity index (χ0) is 14.9. The molecule has 0 aliphatic carbocycles. The third-order valence-corrected chi connectivity index (χ3v) is 5.32. The van der Waals surface area contributed by atoms with E-state index in [1.54, 1.807) is 6.92 Å². The number of aliphatic carboxylic acids is 1. The highest BCUT2D eigenvalue weighted by molar-refractivity contribution is 7.89. The second kappa shape index (κ2) is 5.23. The van der Waals surface area contributed by atoms with Gasteiger partial charge in [0.1, 0.15) is 6.04 Å². The van der Waals surface area contributed by atoms with E-state index in [0.717, 1.165) is 4.31 Å². The summed E-state index contributed by atoms with van der Waals surface area (Å²) < 4.78 is 26.0. The highest BCUT2D eigenvalue weighted by atomic mass is 32.2. The Balaban J connectivity index is 2.43. The zero-order valence-electron chi connectivity index (χ0n) is 10.9. The van der Waals surface area contributed by atoms with Crippen LogP contribution < -0.4 is 0 Å². The van der Waals surface area contributed by atoms with Gasteiger partial charge in [-0.2, -0.15) is 9.57 Å². The SMILES string of the molecule is Cc1cc(S(=O)(=O)N2CCC[C@H]2C(=O)O)ccc1C#N. The van der Waals surface area contributed by atoms with Crippen LogP contribution in [0.1, 0.15) is 24.0 Å². The van der Waals surface area contributed by atoms with Crippen LogP contribution in [0.5, 0.6) is 0 Å². The summed E-state index contributed by atoms with van der Waals surface area (Å²) in [5.41, 5.74) is 0.958. The maximum Gasteiger partial charge on any atom is 0.322 e. The first-order chi connectivity index (χ1) is 9.37. The lowest BCUT2D eigenvalue weighted by Crippen LogP contribution is -2.40. The van der Waals surface area contributed by atoms with E-state index < -0.39 is 22.0 Å². The first-order valence-electron chi connectivity index (χ1n) is 6.13. The fourth-order valence-corrected chi connectivity index (χ4v) is 4.07. The van der Waals surface area contributed by atoms with Gasteiger partial charge in [0.15, 0.2) is 0 Å². The van der Waals surface area contributed by atoms with Crippen molar-refractivity contribution in [3.05, 3.63) is 29.3 Å². The molecule has 0 saturated carbocycles. The molecule has 2 rings (SSSR count). The van der Waals surface area contributed by atoms with Crippen molar-refractivity contribution in [1.82, 2.24) is 4.31 Å². The molecule has 6 nitrogen and oxygen atoms in total. The van der Waals surface area contributed by atoms with Crippen LogP contribution in [0.15, 0.2) is 23.1 Å². The van der Waals surface area contributed by atoms with E-state index in [-0.39, 0.29) is 11.4 Å². The molecular weight excluding hydrogens is 280 g/mol. The minimum absolute atomic E-state index is 0.0298. The van der Waals surface area contributed by atoms with Crippen LogP contribution >= 0.6 is 0 Å². The van der Waals surface area contributed by atoms with Gasteiger partial charge in [-0.25, -0.2) is 8.42 Å². The molecule has 0 bridgehead atoms. The van der Waals surface area contributed by atoms with Crippen molar-refractivity contribution in [2.45, 2.75) is 30.7 Å². The molecule has 1 aliphatic heterocycles. The van der Waals surface area contributed by atoms with Crippen LogP contribution in [0.4, 0.5) is 0 Å². The van der Waals surface area contributed by atoms with E-state index >= 15 is 0 Å². The van der Waals surface area contributed by atoms with Crippen molar-refractivity contribution in [2.24, 2.45) is 0 Å². The monoisotopic (exact) mass is 294 g/mol. The molecule has 1 aromatic rings. The molecule has 0 aromatic heterocycles. The van der Waals surface area contributed by atoms with Gasteiger partial charge in [-0.3, -0.25) is 4.79 Å². The second-order valence-electron chi connectivity index (χ2n) is 4.70. The number of nitrogens with zero attached hydrogens (tertiary/aromatic N) is 2. The van der Waals surface area contributed by atoms with Gasteiger partial charge in [-0.1, -0.05) is 0 Å². The molecule has 1 N–H and O–H groups in total. The quantitative estimate of drug-likeness (QED) is 0.900. The molecule has 0 unspecified atom stereocenters. The van der Waals surface area contributed by atoms with Crippen LogP contribution in [0.2, 0.25) is 0 Å². The maximum absolute atomic E-state index is 12.5. The van der Waals surface area contributed by atoms with Crippen LogP contribution in [0, 0.1) is 18.3 Å². The first-order valence-corrected chi connectivity index (χ1v) is 7.57. The molecular formula is C13H14N2O4S. The van der Waals surface area contributed by atoms with Gasteiger partial charge in [0.25, 0.3) is 0 Å². The number of sulfonamides is 1. The first kappa shape index (κ1) is 14.5. The predicted octanol–water partition coefficient (Wildman–Crippen LogP) is 1.10. The standard InChI is InChI=1S/C13H14N2O4S/c1-9-7-11(5-4-10(9)8-14)20(18,19)15-6-2-3-12(15)13(16)17/h4-5,7,12H,2-3,6H2,1H3,(H,16,17)/t12-/m0/s1. The molecule has 20 heavy (non-hydrogen) atoms. The Labute approximate surface area is 117 Å². The fourth-order valence-electron chi connectivity index (χ4n) is 2.33. The average Bonchev–Trinajstić information content (AvgIpc) is 2.88. The molecule has 1 aliphatic rings. The minimum Gasteiger partial charge on any atom is -0.480 e. The van der Waals surface area contributed by atoms with Gasteiger partial charge < -0.3 is 5.11 Å². The highest BCUT2D eigenvalue weighted by Crippen LogP contribution is 2.27. The van der Waals surface area contributed by atoms with Gasteiger partial charge in [0, 0.05) is 6.54 Å². The van der Waals surface area contributed by atoms with Crippen molar-refractivity contribution in [3.63, 3.8) is 0 Å². The Morgan fingerprint density at radius 1 is 1.50 bits per heavy atom. The molecule has 0 spiro atoms. The largest absolute Gasteiger partial charge is 0.480 e. The highest BCUT2D eigenvalue weighted by Gasteiger charge is 2.39. The van der Waals surface area contributed by atoms with E-state index in [4.69, 9.17) is 10.4 Å². The summed E-state index contributed by atoms with van der Waals surface area (Å²) in [6.45, 7) is 1.86. The summed E-state index contributed by atoms with van der Waals surface area (Å²) in [7, 11) is -3.84. The topological polar surface area (TPSA) is 98.5 Å². The van der Waals surface area contributed by atoms with E-state index in [2.05, 4.69) is 0 Å². The molecule has 1 heterocycles. The van der Waals surface area contributed by atoms with Gasteiger partial charge in [0.05, 0.1) is 16.5 Å². The summed E-state index contributed by atoms with van der Waals surface area (Å²) in [6.07, 6.45) is 0.856. The number of aryl methyl sites for hydroxylation is 1. The number of carbonyl (C=O) groups is 1. The lowest BCUT2D eigenvalue weighted by atomic mass is 10.1. The summed E-state index contributed by atoms with van der Waals surface area (Å²) in [5, 5.41) is 17.9. The molecule has 0 amide bonds. The van der Waals surface area contributed by atoms with Gasteiger partial charge in [-0.05, 0) is 43.5 Å². The van der Waals surface area contributed by atoms with Gasteiger partial charge in [-0.15, -0.1) is 0 Å². The summed E-state index contributed by atoms with van der Waals surface area (Å²) in [4.78, 5) is 11.1. The van der Waals surface area contributed by atoms with Gasteiger partial charge in [0.2, 0.25) is 10.0 Å².